The molecule has 0 radical (unpaired) electrons. The van der Waals surface area contributed by atoms with Crippen LogP contribution in [0.1, 0.15) is 24.0 Å². The molecule has 0 unspecified atom stereocenters. The fourth-order valence-corrected chi connectivity index (χ4v) is 1.96. The standard InChI is InChI=1S/C15H18N6S/c1-12-10-14(21(8-2-6-16)9-3-7-17)5-4-13(12)11-19-20-15(18)22/h4-5,10-11H,2-3,8-9H2,1H3,(H3,18,20,22). The lowest BCUT2D eigenvalue weighted by atomic mass is 10.1. The minimum Gasteiger partial charge on any atom is -0.375 e. The Kier molecular flexibility index (Phi) is 7.38. The van der Waals surface area contributed by atoms with E-state index < -0.39 is 0 Å². The number of aryl methyl sites for hydroxylation is 1. The molecule has 0 aromatic heterocycles. The Labute approximate surface area is 135 Å². The van der Waals surface area contributed by atoms with Crippen LogP contribution in [-0.4, -0.2) is 24.4 Å². The fourth-order valence-electron chi connectivity index (χ4n) is 1.91. The Morgan fingerprint density at radius 2 is 2.00 bits per heavy atom. The predicted molar refractivity (Wildman–Crippen MR) is 91.4 cm³/mol. The van der Waals surface area contributed by atoms with Crippen LogP contribution in [0.5, 0.6) is 0 Å². The predicted octanol–water partition coefficient (Wildman–Crippen LogP) is 1.80. The summed E-state index contributed by atoms with van der Waals surface area (Å²) in [4.78, 5) is 2.04. The van der Waals surface area contributed by atoms with Gasteiger partial charge in [0, 0.05) is 18.8 Å². The van der Waals surface area contributed by atoms with E-state index in [2.05, 4.69) is 34.9 Å². The molecule has 6 nitrogen and oxygen atoms in total. The van der Waals surface area contributed by atoms with Crippen molar-refractivity contribution in [3.8, 4) is 12.1 Å². The summed E-state index contributed by atoms with van der Waals surface area (Å²) < 4.78 is 0. The summed E-state index contributed by atoms with van der Waals surface area (Å²) in [6, 6.07) is 10.2. The van der Waals surface area contributed by atoms with E-state index in [1.165, 1.54) is 0 Å². The first kappa shape index (κ1) is 17.4. The summed E-state index contributed by atoms with van der Waals surface area (Å²) in [7, 11) is 0. The zero-order valence-electron chi connectivity index (χ0n) is 12.4. The quantitative estimate of drug-likeness (QED) is 0.452. The van der Waals surface area contributed by atoms with E-state index in [-0.39, 0.29) is 5.11 Å². The zero-order chi connectivity index (χ0) is 16.4. The van der Waals surface area contributed by atoms with Crippen molar-refractivity contribution in [2.75, 3.05) is 18.0 Å². The third-order valence-electron chi connectivity index (χ3n) is 2.98. The molecule has 0 bridgehead atoms. The van der Waals surface area contributed by atoms with Crippen molar-refractivity contribution in [2.24, 2.45) is 10.8 Å². The van der Waals surface area contributed by atoms with Crippen molar-refractivity contribution in [2.45, 2.75) is 19.8 Å². The molecule has 0 atom stereocenters. The van der Waals surface area contributed by atoms with E-state index >= 15 is 0 Å². The number of nitrogens with zero attached hydrogens (tertiary/aromatic N) is 4. The van der Waals surface area contributed by atoms with Gasteiger partial charge >= 0.3 is 0 Å². The normalized spacial score (nSPS) is 9.95. The fraction of sp³-hybridized carbons (Fsp3) is 0.333. The average Bonchev–Trinajstić information content (AvgIpc) is 2.49. The van der Waals surface area contributed by atoms with Crippen molar-refractivity contribution in [1.29, 1.82) is 10.5 Å². The SMILES string of the molecule is Cc1cc(N(CCC#N)CCC#N)ccc1C=NNC(N)=S. The van der Waals surface area contributed by atoms with Crippen LogP contribution < -0.4 is 16.1 Å². The number of nitriles is 2. The van der Waals surface area contributed by atoms with Gasteiger partial charge in [0.2, 0.25) is 0 Å². The van der Waals surface area contributed by atoms with E-state index in [0.717, 1.165) is 16.8 Å². The molecule has 0 heterocycles. The van der Waals surface area contributed by atoms with Crippen LogP contribution in [0.25, 0.3) is 0 Å². The van der Waals surface area contributed by atoms with Gasteiger partial charge in [0.25, 0.3) is 0 Å². The summed E-state index contributed by atoms with van der Waals surface area (Å²) >= 11 is 4.67. The summed E-state index contributed by atoms with van der Waals surface area (Å²) in [5.41, 5.74) is 10.8. The first-order valence-electron chi connectivity index (χ1n) is 6.76. The van der Waals surface area contributed by atoms with E-state index in [4.69, 9.17) is 16.3 Å². The molecule has 0 spiro atoms. The number of anilines is 1. The molecule has 22 heavy (non-hydrogen) atoms. The van der Waals surface area contributed by atoms with Gasteiger partial charge < -0.3 is 10.6 Å². The molecule has 1 rings (SSSR count). The average molecular weight is 314 g/mol. The van der Waals surface area contributed by atoms with Crippen molar-refractivity contribution < 1.29 is 0 Å². The van der Waals surface area contributed by atoms with Gasteiger partial charge in [-0.2, -0.15) is 15.6 Å². The van der Waals surface area contributed by atoms with Crippen molar-refractivity contribution in [1.82, 2.24) is 5.43 Å². The van der Waals surface area contributed by atoms with Crippen LogP contribution in [0.2, 0.25) is 0 Å². The molecule has 1 aromatic carbocycles. The molecule has 1 aromatic rings. The first-order valence-corrected chi connectivity index (χ1v) is 7.17. The number of hydrazone groups is 1. The highest BCUT2D eigenvalue weighted by atomic mass is 32.1. The maximum absolute atomic E-state index is 8.74. The first-order chi connectivity index (χ1) is 10.6. The Morgan fingerprint density at radius 1 is 1.36 bits per heavy atom. The molecule has 0 amide bonds. The van der Waals surface area contributed by atoms with Crippen LogP contribution in [-0.2, 0) is 0 Å². The van der Waals surface area contributed by atoms with E-state index in [0.29, 0.717) is 25.9 Å². The number of hydrogen-bond acceptors (Lipinski definition) is 5. The molecule has 114 valence electrons. The molecule has 0 aliphatic carbocycles. The van der Waals surface area contributed by atoms with Crippen LogP contribution in [0, 0.1) is 29.6 Å². The minimum absolute atomic E-state index is 0.115. The van der Waals surface area contributed by atoms with Gasteiger partial charge in [-0.3, -0.25) is 5.43 Å². The molecular weight excluding hydrogens is 296 g/mol. The maximum Gasteiger partial charge on any atom is 0.184 e. The molecule has 0 aliphatic rings. The van der Waals surface area contributed by atoms with Crippen LogP contribution in [0.3, 0.4) is 0 Å². The van der Waals surface area contributed by atoms with Gasteiger partial charge in [-0.15, -0.1) is 0 Å². The van der Waals surface area contributed by atoms with Gasteiger partial charge in [0.15, 0.2) is 5.11 Å². The number of hydrogen-bond donors (Lipinski definition) is 2. The molecule has 3 N–H and O–H groups in total. The number of nitrogens with two attached hydrogens (primary N) is 1. The van der Waals surface area contributed by atoms with E-state index in [9.17, 15) is 0 Å². The lowest BCUT2D eigenvalue weighted by molar-refractivity contribution is 0.796. The smallest absolute Gasteiger partial charge is 0.184 e. The number of rotatable bonds is 7. The van der Waals surface area contributed by atoms with Gasteiger partial charge in [0.05, 0.1) is 31.2 Å². The highest BCUT2D eigenvalue weighted by Crippen LogP contribution is 2.19. The molecule has 0 aliphatic heterocycles. The largest absolute Gasteiger partial charge is 0.375 e. The zero-order valence-corrected chi connectivity index (χ0v) is 13.2. The molecule has 0 saturated heterocycles. The van der Waals surface area contributed by atoms with Crippen molar-refractivity contribution in [3.63, 3.8) is 0 Å². The maximum atomic E-state index is 8.74. The Morgan fingerprint density at radius 3 is 2.50 bits per heavy atom. The Balaban J connectivity index is 2.88. The van der Waals surface area contributed by atoms with E-state index in [1.54, 1.807) is 6.21 Å². The summed E-state index contributed by atoms with van der Waals surface area (Å²) in [6.45, 7) is 3.18. The second-order valence-corrected chi connectivity index (χ2v) is 5.02. The Hall–Kier alpha value is -2.64. The molecule has 0 saturated carbocycles. The lowest BCUT2D eigenvalue weighted by Crippen LogP contribution is -2.25. The third kappa shape index (κ3) is 5.78. The highest BCUT2D eigenvalue weighted by Gasteiger charge is 2.07. The van der Waals surface area contributed by atoms with Crippen LogP contribution in [0.4, 0.5) is 5.69 Å². The second kappa shape index (κ2) is 9.32. The van der Waals surface area contributed by atoms with Gasteiger partial charge in [-0.05, 0) is 42.4 Å². The number of nitrogens with one attached hydrogen (secondary N) is 1. The van der Waals surface area contributed by atoms with E-state index in [1.807, 2.05) is 30.0 Å². The molecular formula is C15H18N6S. The topological polar surface area (TPSA) is 101 Å². The Bertz CT molecular complexity index is 608. The minimum atomic E-state index is 0.115. The van der Waals surface area contributed by atoms with Crippen LogP contribution in [0.15, 0.2) is 23.3 Å². The number of thiocarbonyl (C=S) groups is 1. The summed E-state index contributed by atoms with van der Waals surface area (Å²) in [5.74, 6) is 0. The summed E-state index contributed by atoms with van der Waals surface area (Å²) in [5, 5.41) is 21.5. The molecule has 0 fully saturated rings. The van der Waals surface area contributed by atoms with Gasteiger partial charge in [-0.25, -0.2) is 0 Å². The van der Waals surface area contributed by atoms with Crippen LogP contribution >= 0.6 is 12.2 Å². The number of benzene rings is 1. The van der Waals surface area contributed by atoms with Crippen molar-refractivity contribution in [3.05, 3.63) is 29.3 Å². The van der Waals surface area contributed by atoms with Crippen molar-refractivity contribution >= 4 is 29.2 Å². The monoisotopic (exact) mass is 314 g/mol. The van der Waals surface area contributed by atoms with Gasteiger partial charge in [0.1, 0.15) is 0 Å². The second-order valence-electron chi connectivity index (χ2n) is 4.58. The lowest BCUT2D eigenvalue weighted by Gasteiger charge is -2.23. The highest BCUT2D eigenvalue weighted by molar-refractivity contribution is 7.80. The van der Waals surface area contributed by atoms with Gasteiger partial charge in [-0.1, -0.05) is 6.07 Å². The summed E-state index contributed by atoms with van der Waals surface area (Å²) in [6.07, 6.45) is 2.49. The molecule has 7 heteroatoms. The third-order valence-corrected chi connectivity index (χ3v) is 3.08.